The lowest BCUT2D eigenvalue weighted by atomic mass is 10.0. The maximum absolute atomic E-state index is 12.1. The lowest BCUT2D eigenvalue weighted by Crippen LogP contribution is -2.51. The van der Waals surface area contributed by atoms with E-state index in [2.05, 4.69) is 20.2 Å². The monoisotopic (exact) mass is 385 g/mol. The van der Waals surface area contributed by atoms with Crippen molar-refractivity contribution < 1.29 is 19.1 Å². The summed E-state index contributed by atoms with van der Waals surface area (Å²) in [6.07, 6.45) is 5.69. The summed E-state index contributed by atoms with van der Waals surface area (Å²) < 4.78 is 14.3. The third-order valence-electron chi connectivity index (χ3n) is 5.74. The smallest absolute Gasteiger partial charge is 0.328 e. The second kappa shape index (κ2) is 6.84. The molecule has 1 spiro atoms. The number of pyridine rings is 1. The van der Waals surface area contributed by atoms with E-state index in [1.165, 1.54) is 0 Å². The van der Waals surface area contributed by atoms with Crippen LogP contribution in [0.1, 0.15) is 25.3 Å². The fourth-order valence-corrected chi connectivity index (χ4v) is 4.13. The molecule has 0 bridgehead atoms. The van der Waals surface area contributed by atoms with Crippen molar-refractivity contribution in [3.63, 3.8) is 0 Å². The van der Waals surface area contributed by atoms with Gasteiger partial charge in [0.25, 0.3) is 0 Å². The zero-order valence-electron chi connectivity index (χ0n) is 15.5. The van der Waals surface area contributed by atoms with Gasteiger partial charge in [-0.2, -0.15) is 0 Å². The Bertz CT molecular complexity index is 910. The predicted octanol–water partition coefficient (Wildman–Crippen LogP) is 1.15. The Morgan fingerprint density at radius 1 is 1.18 bits per heavy atom. The number of ether oxygens (including phenoxy) is 2. The summed E-state index contributed by atoms with van der Waals surface area (Å²) in [5, 5.41) is 6.60. The fraction of sp³-hybridized carbons (Fsp3) is 0.526. The number of amides is 3. The highest BCUT2D eigenvalue weighted by atomic mass is 16.7. The standard InChI is InChI=1S/C19H23N5O4/c25-16-2-8-24(18(26)22-16)14-9-13-1-7-23(17(13)21-10-14)15-11-27-19(28-12-15)3-5-20-6-4-19/h1,7,9-10,15,20H,2-6,8,11-12H2,(H,22,25,26). The van der Waals surface area contributed by atoms with Gasteiger partial charge in [-0.3, -0.25) is 15.0 Å². The second-order valence-corrected chi connectivity index (χ2v) is 7.52. The number of fused-ring (bicyclic) bond motifs is 1. The highest BCUT2D eigenvalue weighted by molar-refractivity contribution is 6.06. The molecule has 9 heteroatoms. The Labute approximate surface area is 162 Å². The molecule has 0 saturated carbocycles. The highest BCUT2D eigenvalue weighted by Crippen LogP contribution is 2.33. The van der Waals surface area contributed by atoms with Crippen LogP contribution in [0.5, 0.6) is 0 Å². The first-order valence-electron chi connectivity index (χ1n) is 9.70. The normalized spacial score (nSPS) is 23.4. The van der Waals surface area contributed by atoms with Gasteiger partial charge in [0, 0.05) is 50.5 Å². The van der Waals surface area contributed by atoms with Crippen molar-refractivity contribution in [2.24, 2.45) is 0 Å². The van der Waals surface area contributed by atoms with Gasteiger partial charge in [-0.1, -0.05) is 0 Å². The molecule has 3 fully saturated rings. The highest BCUT2D eigenvalue weighted by Gasteiger charge is 2.39. The van der Waals surface area contributed by atoms with E-state index < -0.39 is 11.8 Å². The number of carbonyl (C=O) groups excluding carboxylic acids is 2. The van der Waals surface area contributed by atoms with Gasteiger partial charge in [-0.15, -0.1) is 0 Å². The molecule has 5 heterocycles. The van der Waals surface area contributed by atoms with E-state index in [0.29, 0.717) is 31.9 Å². The topological polar surface area (TPSA) is 97.7 Å². The SMILES string of the molecule is O=C1CCN(c2cnc3c(ccn3C3COC4(CCNCC4)OC3)c2)C(=O)N1. The van der Waals surface area contributed by atoms with Crippen LogP contribution < -0.4 is 15.5 Å². The summed E-state index contributed by atoms with van der Waals surface area (Å²) >= 11 is 0. The van der Waals surface area contributed by atoms with Crippen LogP contribution in [-0.2, 0) is 14.3 Å². The molecule has 2 N–H and O–H groups in total. The van der Waals surface area contributed by atoms with Gasteiger partial charge in [-0.25, -0.2) is 9.78 Å². The van der Waals surface area contributed by atoms with Crippen LogP contribution in [0, 0.1) is 0 Å². The van der Waals surface area contributed by atoms with E-state index in [1.807, 2.05) is 18.3 Å². The van der Waals surface area contributed by atoms with E-state index in [0.717, 1.165) is 37.0 Å². The van der Waals surface area contributed by atoms with E-state index in [-0.39, 0.29) is 11.9 Å². The first-order chi connectivity index (χ1) is 13.6. The average molecular weight is 385 g/mol. The van der Waals surface area contributed by atoms with Gasteiger partial charge in [0.2, 0.25) is 5.91 Å². The molecule has 28 heavy (non-hydrogen) atoms. The summed E-state index contributed by atoms with van der Waals surface area (Å²) in [4.78, 5) is 29.5. The zero-order valence-corrected chi connectivity index (χ0v) is 15.5. The summed E-state index contributed by atoms with van der Waals surface area (Å²) in [6.45, 7) is 3.36. The Morgan fingerprint density at radius 3 is 2.71 bits per heavy atom. The number of nitrogens with zero attached hydrogens (tertiary/aromatic N) is 3. The number of urea groups is 1. The van der Waals surface area contributed by atoms with Gasteiger partial charge in [-0.05, 0) is 12.1 Å². The molecule has 0 unspecified atom stereocenters. The molecule has 0 radical (unpaired) electrons. The maximum atomic E-state index is 12.1. The second-order valence-electron chi connectivity index (χ2n) is 7.52. The molecule has 3 aliphatic rings. The molecule has 148 valence electrons. The maximum Gasteiger partial charge on any atom is 0.328 e. The van der Waals surface area contributed by atoms with Gasteiger partial charge in [0.15, 0.2) is 5.79 Å². The first kappa shape index (κ1) is 17.6. The Balaban J connectivity index is 1.34. The van der Waals surface area contributed by atoms with Crippen LogP contribution in [0.2, 0.25) is 0 Å². The van der Waals surface area contributed by atoms with Crippen molar-refractivity contribution in [3.05, 3.63) is 24.5 Å². The number of aromatic nitrogens is 2. The molecule has 3 amide bonds. The van der Waals surface area contributed by atoms with Gasteiger partial charge in [0.05, 0.1) is 31.1 Å². The molecule has 3 saturated heterocycles. The minimum atomic E-state index is -0.440. The minimum Gasteiger partial charge on any atom is -0.348 e. The summed E-state index contributed by atoms with van der Waals surface area (Å²) in [6, 6.07) is 3.56. The van der Waals surface area contributed by atoms with Crippen molar-refractivity contribution in [1.29, 1.82) is 0 Å². The molecule has 9 nitrogen and oxygen atoms in total. The van der Waals surface area contributed by atoms with E-state index in [9.17, 15) is 9.59 Å². The number of hydrogen-bond acceptors (Lipinski definition) is 6. The Kier molecular flexibility index (Phi) is 4.30. The first-order valence-corrected chi connectivity index (χ1v) is 9.70. The molecule has 0 atom stereocenters. The van der Waals surface area contributed by atoms with Crippen molar-refractivity contribution in [3.8, 4) is 0 Å². The third kappa shape index (κ3) is 3.05. The van der Waals surface area contributed by atoms with E-state index in [4.69, 9.17) is 9.47 Å². The molecule has 0 aliphatic carbocycles. The molecular weight excluding hydrogens is 362 g/mol. The third-order valence-corrected chi connectivity index (χ3v) is 5.74. The summed E-state index contributed by atoms with van der Waals surface area (Å²) in [5.74, 6) is -0.685. The van der Waals surface area contributed by atoms with Gasteiger partial charge < -0.3 is 19.4 Å². The quantitative estimate of drug-likeness (QED) is 0.805. The number of anilines is 1. The van der Waals surface area contributed by atoms with Crippen LogP contribution >= 0.6 is 0 Å². The lowest BCUT2D eigenvalue weighted by molar-refractivity contribution is -0.288. The minimum absolute atomic E-state index is 0.0623. The summed E-state index contributed by atoms with van der Waals surface area (Å²) in [7, 11) is 0. The van der Waals surface area contributed by atoms with Crippen LogP contribution in [0.15, 0.2) is 24.5 Å². The number of piperidine rings is 1. The Hall–Kier alpha value is -2.49. The van der Waals surface area contributed by atoms with Crippen molar-refractivity contribution >= 4 is 28.7 Å². The molecular formula is C19H23N5O4. The fourth-order valence-electron chi connectivity index (χ4n) is 4.13. The predicted molar refractivity (Wildman–Crippen MR) is 101 cm³/mol. The molecule has 3 aliphatic heterocycles. The molecule has 2 aromatic heterocycles. The number of imide groups is 1. The molecule has 0 aromatic carbocycles. The molecule has 5 rings (SSSR count). The van der Waals surface area contributed by atoms with E-state index in [1.54, 1.807) is 11.1 Å². The van der Waals surface area contributed by atoms with Crippen LogP contribution in [0.4, 0.5) is 10.5 Å². The van der Waals surface area contributed by atoms with Crippen molar-refractivity contribution in [2.45, 2.75) is 31.1 Å². The number of nitrogens with one attached hydrogen (secondary N) is 2. The van der Waals surface area contributed by atoms with Crippen LogP contribution in [0.25, 0.3) is 11.0 Å². The number of hydrogen-bond donors (Lipinski definition) is 2. The van der Waals surface area contributed by atoms with Crippen molar-refractivity contribution in [1.82, 2.24) is 20.2 Å². The molecule has 2 aromatic rings. The summed E-state index contributed by atoms with van der Waals surface area (Å²) in [5.41, 5.74) is 1.51. The van der Waals surface area contributed by atoms with Crippen molar-refractivity contribution in [2.75, 3.05) is 37.7 Å². The van der Waals surface area contributed by atoms with E-state index >= 15 is 0 Å². The van der Waals surface area contributed by atoms with Crippen LogP contribution in [0.3, 0.4) is 0 Å². The number of carbonyl (C=O) groups is 2. The van der Waals surface area contributed by atoms with Gasteiger partial charge in [0.1, 0.15) is 5.65 Å². The average Bonchev–Trinajstić information content (AvgIpc) is 3.12. The largest absolute Gasteiger partial charge is 0.348 e. The Morgan fingerprint density at radius 2 is 1.96 bits per heavy atom. The van der Waals surface area contributed by atoms with Gasteiger partial charge >= 0.3 is 6.03 Å². The number of rotatable bonds is 2. The van der Waals surface area contributed by atoms with Crippen LogP contribution in [-0.4, -0.2) is 60.1 Å². The zero-order chi connectivity index (χ0) is 19.1. The lowest BCUT2D eigenvalue weighted by Gasteiger charge is -2.43.